The summed E-state index contributed by atoms with van der Waals surface area (Å²) in [5, 5.41) is 0. The van der Waals surface area contributed by atoms with Gasteiger partial charge in [-0.1, -0.05) is 0 Å². The second-order valence-corrected chi connectivity index (χ2v) is 3.71. The zero-order valence-electron chi connectivity index (χ0n) is 5.65. The molecule has 4 nitrogen and oxygen atoms in total. The van der Waals surface area contributed by atoms with Gasteiger partial charge in [-0.3, -0.25) is 4.57 Å². The van der Waals surface area contributed by atoms with Crippen LogP contribution in [0, 0.1) is 0 Å². The molecule has 0 saturated carbocycles. The monoisotopic (exact) mass is 164 g/mol. The van der Waals surface area contributed by atoms with Gasteiger partial charge in [-0.15, -0.1) is 0 Å². The standard InChI is InChI=1S/C5H9O4P/c1-7-10(6)5-4-8-2-3-9-10/h4-5H,2-3H2,1H3. The van der Waals surface area contributed by atoms with Gasteiger partial charge in [-0.05, 0) is 0 Å². The maximum Gasteiger partial charge on any atom is 0.357 e. The molecule has 1 rings (SSSR count). The van der Waals surface area contributed by atoms with Crippen molar-refractivity contribution in [3.63, 3.8) is 0 Å². The molecule has 0 aliphatic carbocycles. The van der Waals surface area contributed by atoms with Gasteiger partial charge in [0, 0.05) is 7.11 Å². The van der Waals surface area contributed by atoms with Crippen LogP contribution in [0.1, 0.15) is 0 Å². The highest BCUT2D eigenvalue weighted by Gasteiger charge is 2.20. The lowest BCUT2D eigenvalue weighted by Crippen LogP contribution is -1.95. The van der Waals surface area contributed by atoms with Gasteiger partial charge in [-0.2, -0.15) is 0 Å². The Morgan fingerprint density at radius 2 is 2.40 bits per heavy atom. The largest absolute Gasteiger partial charge is 0.498 e. The van der Waals surface area contributed by atoms with E-state index in [9.17, 15) is 4.57 Å². The molecule has 0 aromatic heterocycles. The molecule has 0 radical (unpaired) electrons. The van der Waals surface area contributed by atoms with Gasteiger partial charge in [0.25, 0.3) is 0 Å². The molecule has 1 aliphatic rings. The molecule has 0 bridgehead atoms. The van der Waals surface area contributed by atoms with E-state index < -0.39 is 7.60 Å². The maximum atomic E-state index is 11.2. The van der Waals surface area contributed by atoms with Crippen LogP contribution in [0.2, 0.25) is 0 Å². The quantitative estimate of drug-likeness (QED) is 0.548. The summed E-state index contributed by atoms with van der Waals surface area (Å²) in [6.45, 7) is 0.724. The van der Waals surface area contributed by atoms with Crippen LogP contribution in [0.25, 0.3) is 0 Å². The van der Waals surface area contributed by atoms with Crippen molar-refractivity contribution in [2.75, 3.05) is 20.3 Å². The average Bonchev–Trinajstić information content (AvgIpc) is 2.15. The van der Waals surface area contributed by atoms with E-state index in [2.05, 4.69) is 4.52 Å². The van der Waals surface area contributed by atoms with Crippen molar-refractivity contribution in [2.24, 2.45) is 0 Å². The topological polar surface area (TPSA) is 44.8 Å². The summed E-state index contributed by atoms with van der Waals surface area (Å²) < 4.78 is 25.5. The van der Waals surface area contributed by atoms with Gasteiger partial charge >= 0.3 is 7.60 Å². The van der Waals surface area contributed by atoms with Crippen LogP contribution < -0.4 is 0 Å². The van der Waals surface area contributed by atoms with E-state index in [4.69, 9.17) is 9.26 Å². The van der Waals surface area contributed by atoms with Crippen LogP contribution in [-0.4, -0.2) is 20.3 Å². The van der Waals surface area contributed by atoms with Crippen molar-refractivity contribution in [2.45, 2.75) is 0 Å². The second kappa shape index (κ2) is 3.19. The van der Waals surface area contributed by atoms with E-state index in [1.807, 2.05) is 0 Å². The Hall–Kier alpha value is -0.310. The number of rotatable bonds is 1. The molecule has 1 atom stereocenters. The van der Waals surface area contributed by atoms with Gasteiger partial charge < -0.3 is 13.8 Å². The van der Waals surface area contributed by atoms with Crippen molar-refractivity contribution >= 4 is 7.60 Å². The Bertz CT molecular complexity index is 176. The van der Waals surface area contributed by atoms with Gasteiger partial charge in [-0.25, -0.2) is 0 Å². The van der Waals surface area contributed by atoms with Crippen molar-refractivity contribution < 1.29 is 18.3 Å². The molecular formula is C5H9O4P. The fourth-order valence-electron chi connectivity index (χ4n) is 0.555. The van der Waals surface area contributed by atoms with Gasteiger partial charge in [0.15, 0.2) is 0 Å². The minimum absolute atomic E-state index is 0.304. The normalized spacial score (nSPS) is 32.9. The zero-order chi connectivity index (χ0) is 7.45. The molecule has 0 saturated heterocycles. The first-order valence-corrected chi connectivity index (χ1v) is 4.47. The molecule has 1 unspecified atom stereocenters. The first kappa shape index (κ1) is 7.79. The first-order chi connectivity index (χ1) is 4.77. The highest BCUT2D eigenvalue weighted by Crippen LogP contribution is 2.49. The predicted octanol–water partition coefficient (Wildman–Crippen LogP) is 1.34. The highest BCUT2D eigenvalue weighted by atomic mass is 31.2. The third-order valence-electron chi connectivity index (χ3n) is 1.07. The van der Waals surface area contributed by atoms with Crippen LogP contribution in [0.4, 0.5) is 0 Å². The fraction of sp³-hybridized carbons (Fsp3) is 0.600. The van der Waals surface area contributed by atoms with Crippen LogP contribution in [0.5, 0.6) is 0 Å². The summed E-state index contributed by atoms with van der Waals surface area (Å²) in [6.07, 6.45) is 1.34. The first-order valence-electron chi connectivity index (χ1n) is 2.86. The van der Waals surface area contributed by atoms with Crippen molar-refractivity contribution in [1.82, 2.24) is 0 Å². The molecule has 10 heavy (non-hydrogen) atoms. The lowest BCUT2D eigenvalue weighted by Gasteiger charge is -2.07. The smallest absolute Gasteiger partial charge is 0.357 e. The summed E-state index contributed by atoms with van der Waals surface area (Å²) in [5.41, 5.74) is 0. The fourth-order valence-corrected chi connectivity index (χ4v) is 1.43. The van der Waals surface area contributed by atoms with Crippen LogP contribution in [0.3, 0.4) is 0 Å². The molecule has 1 aliphatic heterocycles. The van der Waals surface area contributed by atoms with Gasteiger partial charge in [0.1, 0.15) is 6.61 Å². The zero-order valence-corrected chi connectivity index (χ0v) is 6.54. The summed E-state index contributed by atoms with van der Waals surface area (Å²) in [7, 11) is -1.60. The molecular weight excluding hydrogens is 155 g/mol. The number of ether oxygens (including phenoxy) is 1. The molecule has 0 aromatic rings. The molecule has 58 valence electrons. The summed E-state index contributed by atoms with van der Waals surface area (Å²) in [4.78, 5) is 0. The Morgan fingerprint density at radius 3 is 3.10 bits per heavy atom. The molecule has 0 aromatic carbocycles. The molecule has 1 heterocycles. The molecule has 0 fully saturated rings. The lowest BCUT2D eigenvalue weighted by atomic mass is 10.8. The minimum Gasteiger partial charge on any atom is -0.498 e. The SMILES string of the molecule is COP1(=O)C=COCCO1. The maximum absolute atomic E-state index is 11.2. The third-order valence-corrected chi connectivity index (χ3v) is 2.60. The van der Waals surface area contributed by atoms with Gasteiger partial charge in [0.2, 0.25) is 0 Å². The van der Waals surface area contributed by atoms with E-state index in [0.717, 1.165) is 0 Å². The second-order valence-electron chi connectivity index (χ2n) is 1.71. The van der Waals surface area contributed by atoms with Gasteiger partial charge in [0.05, 0.1) is 18.7 Å². The van der Waals surface area contributed by atoms with Crippen molar-refractivity contribution in [3.05, 3.63) is 12.1 Å². The van der Waals surface area contributed by atoms with Crippen LogP contribution in [-0.2, 0) is 18.3 Å². The summed E-state index contributed by atoms with van der Waals surface area (Å²) >= 11 is 0. The number of hydrogen-bond acceptors (Lipinski definition) is 4. The molecule has 0 spiro atoms. The predicted molar refractivity (Wildman–Crippen MR) is 35.7 cm³/mol. The minimum atomic E-state index is -2.94. The lowest BCUT2D eigenvalue weighted by molar-refractivity contribution is 0.173. The molecule has 5 heteroatoms. The van der Waals surface area contributed by atoms with Crippen molar-refractivity contribution in [3.8, 4) is 0 Å². The van der Waals surface area contributed by atoms with E-state index in [1.165, 1.54) is 19.2 Å². The van der Waals surface area contributed by atoms with E-state index in [1.54, 1.807) is 0 Å². The number of hydrogen-bond donors (Lipinski definition) is 0. The van der Waals surface area contributed by atoms with Crippen molar-refractivity contribution in [1.29, 1.82) is 0 Å². The molecule has 0 amide bonds. The summed E-state index contributed by atoms with van der Waals surface area (Å²) in [5.74, 6) is 1.31. The third kappa shape index (κ3) is 1.84. The average molecular weight is 164 g/mol. The summed E-state index contributed by atoms with van der Waals surface area (Å²) in [6, 6.07) is 0. The van der Waals surface area contributed by atoms with Crippen LogP contribution in [0.15, 0.2) is 12.1 Å². The Kier molecular flexibility index (Phi) is 2.49. The highest BCUT2D eigenvalue weighted by molar-refractivity contribution is 7.57. The van der Waals surface area contributed by atoms with E-state index >= 15 is 0 Å². The molecule has 0 N–H and O–H groups in total. The van der Waals surface area contributed by atoms with E-state index in [0.29, 0.717) is 13.2 Å². The Morgan fingerprint density at radius 1 is 1.60 bits per heavy atom. The Balaban J connectivity index is 2.65. The van der Waals surface area contributed by atoms with E-state index in [-0.39, 0.29) is 0 Å². The Labute approximate surface area is 59.3 Å². The van der Waals surface area contributed by atoms with Crippen LogP contribution >= 0.6 is 7.60 Å².